The van der Waals surface area contributed by atoms with E-state index in [9.17, 15) is 14.4 Å². The number of hydrazone groups is 1. The smallest absolute Gasteiger partial charge is 0.438 e. The van der Waals surface area contributed by atoms with Crippen LogP contribution >= 0.6 is 11.8 Å². The van der Waals surface area contributed by atoms with Crippen LogP contribution in [0, 0.1) is 0 Å². The van der Waals surface area contributed by atoms with Gasteiger partial charge in [-0.2, -0.15) is 5.10 Å². The van der Waals surface area contributed by atoms with E-state index in [4.69, 9.17) is 4.74 Å². The third-order valence-corrected chi connectivity index (χ3v) is 7.13. The molecule has 1 aromatic rings. The molecule has 0 N–H and O–H groups in total. The predicted molar refractivity (Wildman–Crippen MR) is 127 cm³/mol. The van der Waals surface area contributed by atoms with Gasteiger partial charge in [0.25, 0.3) is 0 Å². The van der Waals surface area contributed by atoms with E-state index in [0.717, 1.165) is 59.5 Å². The van der Waals surface area contributed by atoms with Gasteiger partial charge < -0.3 is 14.5 Å². The van der Waals surface area contributed by atoms with Crippen LogP contribution in [-0.4, -0.2) is 71.4 Å². The fraction of sp³-hybridized carbons (Fsp3) is 0.565. The molecule has 0 aliphatic carbocycles. The fourth-order valence-electron chi connectivity index (χ4n) is 4.01. The largest absolute Gasteiger partial charge is 0.446 e. The van der Waals surface area contributed by atoms with Gasteiger partial charge in [-0.15, -0.1) is 5.01 Å². The SMILES string of the molecule is CCN(CC)CCOC(=O)N1N=C(c2ccc3c(c2)C(C)(C)CCN3C=O)C(C)SC1=O. The molecule has 0 spiro atoms. The molecular weight excluding hydrogens is 428 g/mol. The molecule has 174 valence electrons. The summed E-state index contributed by atoms with van der Waals surface area (Å²) in [7, 11) is 0. The van der Waals surface area contributed by atoms with Gasteiger partial charge in [-0.3, -0.25) is 9.59 Å². The number of hydrogen-bond acceptors (Lipinski definition) is 7. The number of nitrogens with zero attached hydrogens (tertiary/aromatic N) is 4. The van der Waals surface area contributed by atoms with Crippen LogP contribution in [0.1, 0.15) is 52.2 Å². The summed E-state index contributed by atoms with van der Waals surface area (Å²) in [5, 5.41) is 4.56. The lowest BCUT2D eigenvalue weighted by atomic mass is 9.77. The van der Waals surface area contributed by atoms with Crippen molar-refractivity contribution < 1.29 is 19.1 Å². The highest BCUT2D eigenvalue weighted by atomic mass is 32.2. The van der Waals surface area contributed by atoms with Gasteiger partial charge in [0.15, 0.2) is 0 Å². The molecule has 2 aliphatic heterocycles. The number of anilines is 1. The molecule has 2 heterocycles. The highest BCUT2D eigenvalue weighted by Crippen LogP contribution is 2.40. The number of amides is 3. The lowest BCUT2D eigenvalue weighted by Crippen LogP contribution is -2.40. The molecular formula is C23H32N4O4S. The van der Waals surface area contributed by atoms with E-state index in [0.29, 0.717) is 18.8 Å². The number of carbonyl (C=O) groups excluding carboxylic acids is 3. The van der Waals surface area contributed by atoms with Gasteiger partial charge in [-0.25, -0.2) is 4.79 Å². The molecule has 2 aliphatic rings. The van der Waals surface area contributed by atoms with Crippen LogP contribution < -0.4 is 4.90 Å². The topological polar surface area (TPSA) is 82.5 Å². The first-order valence-electron chi connectivity index (χ1n) is 11.1. The van der Waals surface area contributed by atoms with Crippen LogP contribution in [0.5, 0.6) is 0 Å². The second kappa shape index (κ2) is 10.0. The van der Waals surface area contributed by atoms with Crippen LogP contribution in [0.3, 0.4) is 0 Å². The second-order valence-electron chi connectivity index (χ2n) is 8.63. The Balaban J connectivity index is 1.86. The summed E-state index contributed by atoms with van der Waals surface area (Å²) in [6.07, 6.45) is 0.950. The van der Waals surface area contributed by atoms with Gasteiger partial charge >= 0.3 is 11.3 Å². The Labute approximate surface area is 193 Å². The van der Waals surface area contributed by atoms with E-state index >= 15 is 0 Å². The zero-order valence-electron chi connectivity index (χ0n) is 19.5. The van der Waals surface area contributed by atoms with Crippen LogP contribution in [0.25, 0.3) is 0 Å². The summed E-state index contributed by atoms with van der Waals surface area (Å²) in [4.78, 5) is 40.4. The lowest BCUT2D eigenvalue weighted by molar-refractivity contribution is -0.107. The van der Waals surface area contributed by atoms with Gasteiger partial charge in [0.2, 0.25) is 6.41 Å². The minimum atomic E-state index is -0.760. The van der Waals surface area contributed by atoms with Gasteiger partial charge in [-0.05, 0) is 55.1 Å². The van der Waals surface area contributed by atoms with Crippen molar-refractivity contribution in [3.8, 4) is 0 Å². The third-order valence-electron chi connectivity index (χ3n) is 6.18. The Morgan fingerprint density at radius 1 is 1.34 bits per heavy atom. The van der Waals surface area contributed by atoms with Crippen molar-refractivity contribution in [2.75, 3.05) is 37.7 Å². The van der Waals surface area contributed by atoms with Crippen LogP contribution in [0.4, 0.5) is 15.3 Å². The van der Waals surface area contributed by atoms with Gasteiger partial charge in [0, 0.05) is 18.8 Å². The Bertz CT molecular complexity index is 913. The predicted octanol–water partition coefficient (Wildman–Crippen LogP) is 4.07. The van der Waals surface area contributed by atoms with Crippen molar-refractivity contribution in [3.63, 3.8) is 0 Å². The number of rotatable bonds is 7. The van der Waals surface area contributed by atoms with Crippen molar-refractivity contribution in [3.05, 3.63) is 29.3 Å². The van der Waals surface area contributed by atoms with Gasteiger partial charge in [-0.1, -0.05) is 45.5 Å². The molecule has 9 heteroatoms. The van der Waals surface area contributed by atoms with Crippen LogP contribution in [0.15, 0.2) is 23.3 Å². The van der Waals surface area contributed by atoms with E-state index < -0.39 is 11.3 Å². The van der Waals surface area contributed by atoms with Gasteiger partial charge in [0.1, 0.15) is 6.61 Å². The number of likely N-dealkylation sites (N-methyl/N-ethyl adjacent to an activating group) is 1. The van der Waals surface area contributed by atoms with Crippen LogP contribution in [-0.2, 0) is 14.9 Å². The van der Waals surface area contributed by atoms with Crippen molar-refractivity contribution in [1.29, 1.82) is 0 Å². The number of imide groups is 1. The highest BCUT2D eigenvalue weighted by Gasteiger charge is 2.35. The third kappa shape index (κ3) is 4.99. The number of ether oxygens (including phenoxy) is 1. The molecule has 3 rings (SSSR count). The van der Waals surface area contributed by atoms with E-state index in [1.165, 1.54) is 0 Å². The molecule has 0 saturated carbocycles. The average molecular weight is 461 g/mol. The maximum absolute atomic E-state index is 12.6. The Kier molecular flexibility index (Phi) is 7.61. The summed E-state index contributed by atoms with van der Waals surface area (Å²) < 4.78 is 5.32. The molecule has 0 radical (unpaired) electrons. The lowest BCUT2D eigenvalue weighted by Gasteiger charge is -2.38. The Hall–Kier alpha value is -2.39. The summed E-state index contributed by atoms with van der Waals surface area (Å²) in [5.74, 6) is 0. The molecule has 1 aromatic carbocycles. The Morgan fingerprint density at radius 3 is 2.72 bits per heavy atom. The quantitative estimate of drug-likeness (QED) is 0.571. The molecule has 0 aromatic heterocycles. The first-order chi connectivity index (χ1) is 15.2. The molecule has 1 atom stereocenters. The minimum absolute atomic E-state index is 0.102. The van der Waals surface area contributed by atoms with Crippen molar-refractivity contribution in [2.24, 2.45) is 5.10 Å². The molecule has 8 nitrogen and oxygen atoms in total. The molecule has 32 heavy (non-hydrogen) atoms. The summed E-state index contributed by atoms with van der Waals surface area (Å²) in [6, 6.07) is 5.84. The maximum atomic E-state index is 12.6. The van der Waals surface area contributed by atoms with E-state index in [-0.39, 0.29) is 17.3 Å². The first-order valence-corrected chi connectivity index (χ1v) is 11.9. The number of hydrogen-bond donors (Lipinski definition) is 0. The standard InChI is InChI=1S/C23H32N4O4S/c1-6-25(7-2)12-13-31-21(29)27-22(30)32-16(3)20(24-27)17-8-9-19-18(14-17)23(4,5)10-11-26(19)15-28/h8-9,14-16H,6-7,10-13H2,1-5H3. The molecule has 0 bridgehead atoms. The number of thioether (sulfide) groups is 1. The fourth-order valence-corrected chi connectivity index (χ4v) is 4.82. The average Bonchev–Trinajstić information content (AvgIpc) is 2.77. The zero-order valence-corrected chi connectivity index (χ0v) is 20.3. The summed E-state index contributed by atoms with van der Waals surface area (Å²) >= 11 is 1.05. The van der Waals surface area contributed by atoms with E-state index in [1.807, 2.05) is 39.0 Å². The zero-order chi connectivity index (χ0) is 23.5. The van der Waals surface area contributed by atoms with Crippen molar-refractivity contribution >= 4 is 40.9 Å². The van der Waals surface area contributed by atoms with Crippen molar-refractivity contribution in [2.45, 2.75) is 51.7 Å². The highest BCUT2D eigenvalue weighted by molar-refractivity contribution is 8.14. The molecule has 3 amide bonds. The van der Waals surface area contributed by atoms with Gasteiger partial charge in [0.05, 0.1) is 11.0 Å². The second-order valence-corrected chi connectivity index (χ2v) is 9.92. The van der Waals surface area contributed by atoms with E-state index in [1.54, 1.807) is 4.90 Å². The number of benzene rings is 1. The normalized spacial score (nSPS) is 20.1. The number of fused-ring (bicyclic) bond motifs is 1. The Morgan fingerprint density at radius 2 is 2.06 bits per heavy atom. The maximum Gasteiger partial charge on any atom is 0.438 e. The number of carbonyl (C=O) groups is 3. The monoisotopic (exact) mass is 460 g/mol. The first kappa shape index (κ1) is 24.3. The minimum Gasteiger partial charge on any atom is -0.446 e. The van der Waals surface area contributed by atoms with Crippen molar-refractivity contribution in [1.82, 2.24) is 9.91 Å². The molecule has 0 saturated heterocycles. The summed E-state index contributed by atoms with van der Waals surface area (Å²) in [6.45, 7) is 13.5. The molecule has 0 fully saturated rings. The van der Waals surface area contributed by atoms with E-state index in [2.05, 4.69) is 23.8 Å². The van der Waals surface area contributed by atoms with Crippen LogP contribution in [0.2, 0.25) is 0 Å². The molecule has 1 unspecified atom stereocenters. The summed E-state index contributed by atoms with van der Waals surface area (Å²) in [5.41, 5.74) is 3.31.